The maximum Gasteiger partial charge on any atom is 0.231 e. The molecule has 4 nitrogen and oxygen atoms in total. The number of aromatic nitrogens is 2. The topological polar surface area (TPSA) is 44.2 Å². The monoisotopic (exact) mass is 388 g/mol. The molecule has 1 aliphatic rings. The predicted octanol–water partition coefficient (Wildman–Crippen LogP) is 4.94. The van der Waals surface area contributed by atoms with Gasteiger partial charge in [0.25, 0.3) is 0 Å². The summed E-state index contributed by atoms with van der Waals surface area (Å²) < 4.78 is 11.6. The van der Waals surface area contributed by atoms with Crippen LogP contribution in [0.3, 0.4) is 0 Å². The van der Waals surface area contributed by atoms with E-state index in [-0.39, 0.29) is 6.79 Å². The average Bonchev–Trinajstić information content (AvgIpc) is 3.01. The quantitative estimate of drug-likeness (QED) is 0.582. The molecule has 4 rings (SSSR count). The third-order valence-corrected chi connectivity index (χ3v) is 4.23. The van der Waals surface area contributed by atoms with Crippen LogP contribution in [0.25, 0.3) is 23.1 Å². The van der Waals surface area contributed by atoms with Gasteiger partial charge in [-0.1, -0.05) is 39.7 Å². The number of ether oxygens (including phenoxy) is 2. The van der Waals surface area contributed by atoms with Crippen LogP contribution in [-0.4, -0.2) is 16.8 Å². The normalized spacial score (nSPS) is 13.1. The summed E-state index contributed by atoms with van der Waals surface area (Å²) in [5, 5.41) is 1.25. The van der Waals surface area contributed by atoms with Gasteiger partial charge in [-0.3, -0.25) is 0 Å². The highest BCUT2D eigenvalue weighted by atomic mass is 79.9. The van der Waals surface area contributed by atoms with Crippen molar-refractivity contribution >= 4 is 50.6 Å². The third kappa shape index (κ3) is 2.90. The lowest BCUT2D eigenvalue weighted by Crippen LogP contribution is -1.92. The summed E-state index contributed by atoms with van der Waals surface area (Å²) in [5.74, 6) is 2.06. The van der Waals surface area contributed by atoms with Gasteiger partial charge in [-0.2, -0.15) is 0 Å². The Morgan fingerprint density at radius 3 is 2.78 bits per heavy atom. The van der Waals surface area contributed by atoms with Gasteiger partial charge in [0, 0.05) is 9.86 Å². The number of halogens is 2. The minimum Gasteiger partial charge on any atom is -0.454 e. The highest BCUT2D eigenvalue weighted by Gasteiger charge is 2.12. The molecule has 0 spiro atoms. The maximum atomic E-state index is 6.25. The average molecular weight is 390 g/mol. The summed E-state index contributed by atoms with van der Waals surface area (Å²) in [6.45, 7) is 0.265. The molecular weight excluding hydrogens is 380 g/mol. The van der Waals surface area contributed by atoms with E-state index in [1.165, 1.54) is 0 Å². The largest absolute Gasteiger partial charge is 0.454 e. The molecule has 0 saturated heterocycles. The van der Waals surface area contributed by atoms with Gasteiger partial charge in [-0.05, 0) is 42.0 Å². The molecule has 0 N–H and O–H groups in total. The van der Waals surface area contributed by atoms with Crippen molar-refractivity contribution in [2.45, 2.75) is 0 Å². The fourth-order valence-corrected chi connectivity index (χ4v) is 2.94. The van der Waals surface area contributed by atoms with Gasteiger partial charge in [0.05, 0.1) is 5.52 Å². The fourth-order valence-electron chi connectivity index (χ4n) is 2.34. The standard InChI is InChI=1S/C17H10BrClN2O2/c18-11-3-4-13-12(8-11)17(19)21-16(20-13)6-2-10-1-5-14-15(7-10)23-9-22-14/h1-8H,9H2/b6-2+. The van der Waals surface area contributed by atoms with Gasteiger partial charge < -0.3 is 9.47 Å². The Morgan fingerprint density at radius 2 is 1.87 bits per heavy atom. The van der Waals surface area contributed by atoms with E-state index in [0.717, 1.165) is 32.4 Å². The minimum atomic E-state index is 0.265. The number of rotatable bonds is 2. The number of nitrogens with zero attached hydrogens (tertiary/aromatic N) is 2. The molecule has 1 aliphatic heterocycles. The predicted molar refractivity (Wildman–Crippen MR) is 93.7 cm³/mol. The fraction of sp³-hybridized carbons (Fsp3) is 0.0588. The van der Waals surface area contributed by atoms with E-state index >= 15 is 0 Å². The Bertz CT molecular complexity index is 943. The first-order chi connectivity index (χ1) is 11.2. The van der Waals surface area contributed by atoms with E-state index in [2.05, 4.69) is 25.9 Å². The van der Waals surface area contributed by atoms with Crippen molar-refractivity contribution in [2.75, 3.05) is 6.79 Å². The van der Waals surface area contributed by atoms with Crippen LogP contribution < -0.4 is 9.47 Å². The van der Waals surface area contributed by atoms with Crippen LogP contribution in [0, 0.1) is 0 Å². The molecule has 2 aromatic carbocycles. The van der Waals surface area contributed by atoms with Crippen LogP contribution in [-0.2, 0) is 0 Å². The zero-order valence-corrected chi connectivity index (χ0v) is 14.1. The Morgan fingerprint density at radius 1 is 1.00 bits per heavy atom. The lowest BCUT2D eigenvalue weighted by Gasteiger charge is -2.02. The maximum absolute atomic E-state index is 6.25. The second-order valence-corrected chi connectivity index (χ2v) is 6.25. The highest BCUT2D eigenvalue weighted by molar-refractivity contribution is 9.10. The van der Waals surface area contributed by atoms with E-state index in [4.69, 9.17) is 21.1 Å². The van der Waals surface area contributed by atoms with Crippen LogP contribution in [0.15, 0.2) is 40.9 Å². The highest BCUT2D eigenvalue weighted by Crippen LogP contribution is 2.33. The van der Waals surface area contributed by atoms with Crippen molar-refractivity contribution in [1.82, 2.24) is 9.97 Å². The van der Waals surface area contributed by atoms with Crippen molar-refractivity contribution in [1.29, 1.82) is 0 Å². The Labute approximate surface area is 145 Å². The molecule has 0 unspecified atom stereocenters. The van der Waals surface area contributed by atoms with Crippen molar-refractivity contribution < 1.29 is 9.47 Å². The number of fused-ring (bicyclic) bond motifs is 2. The number of hydrogen-bond donors (Lipinski definition) is 0. The number of hydrogen-bond acceptors (Lipinski definition) is 4. The summed E-state index contributed by atoms with van der Waals surface area (Å²) in [4.78, 5) is 8.83. The lowest BCUT2D eigenvalue weighted by molar-refractivity contribution is 0.174. The molecule has 0 atom stereocenters. The molecule has 23 heavy (non-hydrogen) atoms. The van der Waals surface area contributed by atoms with Gasteiger partial charge in [0.2, 0.25) is 6.79 Å². The third-order valence-electron chi connectivity index (χ3n) is 3.45. The molecule has 0 amide bonds. The first-order valence-electron chi connectivity index (χ1n) is 6.89. The molecule has 114 valence electrons. The van der Waals surface area contributed by atoms with Crippen molar-refractivity contribution in [2.24, 2.45) is 0 Å². The first kappa shape index (κ1) is 14.5. The molecule has 0 aliphatic carbocycles. The van der Waals surface area contributed by atoms with Crippen LogP contribution in [0.1, 0.15) is 11.4 Å². The van der Waals surface area contributed by atoms with Crippen LogP contribution in [0.2, 0.25) is 5.15 Å². The summed E-state index contributed by atoms with van der Waals surface area (Å²) in [6, 6.07) is 11.5. The van der Waals surface area contributed by atoms with Gasteiger partial charge in [0.1, 0.15) is 5.15 Å². The van der Waals surface area contributed by atoms with E-state index in [9.17, 15) is 0 Å². The molecule has 1 aromatic heterocycles. The second-order valence-electron chi connectivity index (χ2n) is 4.98. The van der Waals surface area contributed by atoms with Crippen molar-refractivity contribution in [3.05, 3.63) is 57.4 Å². The van der Waals surface area contributed by atoms with E-state index in [1.807, 2.05) is 48.6 Å². The summed E-state index contributed by atoms with van der Waals surface area (Å²) in [6.07, 6.45) is 3.74. The van der Waals surface area contributed by atoms with E-state index in [1.54, 1.807) is 0 Å². The van der Waals surface area contributed by atoms with Gasteiger partial charge >= 0.3 is 0 Å². The molecule has 0 bridgehead atoms. The Balaban J connectivity index is 1.68. The molecular formula is C17H10BrClN2O2. The minimum absolute atomic E-state index is 0.265. The van der Waals surface area contributed by atoms with Crippen LogP contribution in [0.4, 0.5) is 0 Å². The van der Waals surface area contributed by atoms with E-state index in [0.29, 0.717) is 11.0 Å². The van der Waals surface area contributed by atoms with Crippen LogP contribution in [0.5, 0.6) is 11.5 Å². The van der Waals surface area contributed by atoms with Crippen molar-refractivity contribution in [3.8, 4) is 11.5 Å². The molecule has 2 heterocycles. The first-order valence-corrected chi connectivity index (χ1v) is 8.07. The summed E-state index contributed by atoms with van der Waals surface area (Å²) in [5.41, 5.74) is 1.78. The second kappa shape index (κ2) is 5.83. The number of benzene rings is 2. The van der Waals surface area contributed by atoms with Gasteiger partial charge in [-0.15, -0.1) is 0 Å². The van der Waals surface area contributed by atoms with Crippen molar-refractivity contribution in [3.63, 3.8) is 0 Å². The lowest BCUT2D eigenvalue weighted by atomic mass is 10.2. The van der Waals surface area contributed by atoms with Gasteiger partial charge in [0.15, 0.2) is 17.3 Å². The van der Waals surface area contributed by atoms with Crippen LogP contribution >= 0.6 is 27.5 Å². The SMILES string of the molecule is Clc1nc(/C=C/c2ccc3c(c2)OCO3)nc2ccc(Br)cc12. The molecule has 0 radical (unpaired) electrons. The Hall–Kier alpha value is -2.11. The zero-order valence-electron chi connectivity index (χ0n) is 11.8. The summed E-state index contributed by atoms with van der Waals surface area (Å²) >= 11 is 9.67. The smallest absolute Gasteiger partial charge is 0.231 e. The molecule has 6 heteroatoms. The zero-order chi connectivity index (χ0) is 15.8. The Kier molecular flexibility index (Phi) is 3.67. The molecule has 0 fully saturated rings. The summed E-state index contributed by atoms with van der Waals surface area (Å²) in [7, 11) is 0. The van der Waals surface area contributed by atoms with Gasteiger partial charge in [-0.25, -0.2) is 9.97 Å². The molecule has 3 aromatic rings. The van der Waals surface area contributed by atoms with E-state index < -0.39 is 0 Å². The molecule has 0 saturated carbocycles.